The number of rotatable bonds is 40. The quantitative estimate of drug-likeness (QED) is 0.0119. The fraction of sp³-hybridized carbons (Fsp3) is 0.462. The summed E-state index contributed by atoms with van der Waals surface area (Å²) in [5.74, 6) is 1.11. The molecule has 0 fully saturated rings. The van der Waals surface area contributed by atoms with Crippen molar-refractivity contribution in [3.05, 3.63) is 137 Å². The second kappa shape index (κ2) is 33.7. The topological polar surface area (TPSA) is 363 Å². The van der Waals surface area contributed by atoms with E-state index in [1.807, 2.05) is 65.8 Å². The van der Waals surface area contributed by atoms with Crippen molar-refractivity contribution in [1.29, 1.82) is 0 Å². The average Bonchev–Trinajstić information content (AvgIpc) is 1.57. The van der Waals surface area contributed by atoms with Gasteiger partial charge in [-0.2, -0.15) is 52.8 Å². The predicted octanol–water partition coefficient (Wildman–Crippen LogP) is 8.70. The number of hydrogen-bond acceptors (Lipinski definition) is 20. The van der Waals surface area contributed by atoms with Gasteiger partial charge in [0.05, 0.1) is 84.8 Å². The molecule has 0 bridgehead atoms. The highest BCUT2D eigenvalue weighted by molar-refractivity contribution is 7.86. The van der Waals surface area contributed by atoms with E-state index in [4.69, 9.17) is 45.0 Å². The van der Waals surface area contributed by atoms with Gasteiger partial charge in [0.1, 0.15) is 36.8 Å². The molecule has 97 heavy (non-hydrogen) atoms. The lowest BCUT2D eigenvalue weighted by Crippen LogP contribution is -2.32. The van der Waals surface area contributed by atoms with Crippen molar-refractivity contribution in [3.63, 3.8) is 0 Å². The maximum atomic E-state index is 12.9. The van der Waals surface area contributed by atoms with Crippen molar-refractivity contribution in [2.24, 2.45) is 0 Å². The van der Waals surface area contributed by atoms with Crippen molar-refractivity contribution in [2.45, 2.75) is 112 Å². The van der Waals surface area contributed by atoms with Crippen molar-refractivity contribution >= 4 is 86.7 Å². The summed E-state index contributed by atoms with van der Waals surface area (Å²) in [5.41, 5.74) is 3.40. The van der Waals surface area contributed by atoms with Gasteiger partial charge in [-0.15, -0.1) is 0 Å². The van der Waals surface area contributed by atoms with Crippen LogP contribution in [0.5, 0.6) is 11.5 Å². The van der Waals surface area contributed by atoms with Crippen LogP contribution in [0, 0.1) is 0 Å². The Morgan fingerprint density at radius 2 is 1.36 bits per heavy atom. The summed E-state index contributed by atoms with van der Waals surface area (Å²) in [6.07, 6.45) is 8.55. The molecule has 528 valence electrons. The molecule has 0 radical (unpaired) electrons. The first-order valence-corrected chi connectivity index (χ1v) is 38.0. The van der Waals surface area contributed by atoms with Gasteiger partial charge >= 0.3 is 0 Å². The third kappa shape index (κ3) is 21.0. The molecule has 8 rings (SSSR count). The lowest BCUT2D eigenvalue weighted by molar-refractivity contribution is -0.438. The molecule has 0 saturated carbocycles. The Morgan fingerprint density at radius 3 is 2.01 bits per heavy atom. The fourth-order valence-electron chi connectivity index (χ4n) is 11.9. The lowest BCUT2D eigenvalue weighted by Gasteiger charge is -2.30. The summed E-state index contributed by atoms with van der Waals surface area (Å²) >= 11 is 6.26. The van der Waals surface area contributed by atoms with Gasteiger partial charge in [0, 0.05) is 96.3 Å². The zero-order valence-corrected chi connectivity index (χ0v) is 58.7. The maximum absolute atomic E-state index is 12.9. The Kier molecular flexibility index (Phi) is 26.3. The molecule has 32 heteroatoms. The van der Waals surface area contributed by atoms with Crippen molar-refractivity contribution in [3.8, 4) is 22.8 Å². The number of methoxy groups -OCH3 is 1. The van der Waals surface area contributed by atoms with Crippen LogP contribution in [0.15, 0.2) is 125 Å². The first kappa shape index (κ1) is 75.8. The number of benzene rings is 4. The highest BCUT2D eigenvalue weighted by Crippen LogP contribution is 2.52. The van der Waals surface area contributed by atoms with Crippen LogP contribution < -0.4 is 25.0 Å². The Balaban J connectivity index is 0.796. The van der Waals surface area contributed by atoms with Gasteiger partial charge in [0.15, 0.2) is 5.71 Å². The van der Waals surface area contributed by atoms with Crippen LogP contribution in [0.2, 0.25) is 5.02 Å². The Morgan fingerprint density at radius 1 is 0.722 bits per heavy atom. The molecule has 2 aromatic heterocycles. The SMILES string of the molecule is COCCN1/C(=C\C=C\C2=[N+](CCCCCC(=O)NCCOCCOCCOCCOc3ccc(-c4cc(NCc5ccc(Cl)cc5OC(C)C)n5ncnc5n4)cc3)c3ccc(S(=O)(=O)O)cc3C2(C)CCCS(=O)(=O)O)C(C)(CCCS(=O)(=O)O)c2cc(S(=O)(=O)O)ccc21. The third-order valence-electron chi connectivity index (χ3n) is 16.5. The summed E-state index contributed by atoms with van der Waals surface area (Å²) in [6, 6.07) is 23.3. The molecule has 2 aliphatic heterocycles. The van der Waals surface area contributed by atoms with Crippen molar-refractivity contribution in [1.82, 2.24) is 24.9 Å². The number of hydrogen-bond donors (Lipinski definition) is 6. The zero-order valence-electron chi connectivity index (χ0n) is 54.6. The van der Waals surface area contributed by atoms with E-state index in [1.165, 1.54) is 43.8 Å². The number of aromatic nitrogens is 4. The number of carbonyl (C=O) groups excluding carboxylic acids is 1. The van der Waals surface area contributed by atoms with Crippen molar-refractivity contribution < 1.29 is 89.7 Å². The number of nitrogens with zero attached hydrogens (tertiary/aromatic N) is 6. The Labute approximate surface area is 571 Å². The van der Waals surface area contributed by atoms with Gasteiger partial charge in [-0.25, -0.2) is 4.98 Å². The molecule has 1 amide bonds. The number of ether oxygens (including phenoxy) is 6. The normalized spacial score (nSPS) is 17.1. The molecule has 2 unspecified atom stereocenters. The van der Waals surface area contributed by atoms with E-state index in [-0.39, 0.29) is 75.3 Å². The average molecular weight is 1450 g/mol. The van der Waals surface area contributed by atoms with Crippen LogP contribution in [0.4, 0.5) is 17.2 Å². The molecule has 27 nitrogen and oxygen atoms in total. The van der Waals surface area contributed by atoms with Gasteiger partial charge in [0.25, 0.3) is 46.3 Å². The highest BCUT2D eigenvalue weighted by atomic mass is 35.5. The Hall–Kier alpha value is -6.98. The highest BCUT2D eigenvalue weighted by Gasteiger charge is 2.49. The molecule has 0 aliphatic carbocycles. The first-order valence-electron chi connectivity index (χ1n) is 31.5. The Bertz CT molecular complexity index is 4310. The number of allylic oxidation sites excluding steroid dienone is 4. The maximum Gasteiger partial charge on any atom is 0.294 e. The molecule has 4 heterocycles. The molecular formula is C65H84ClN8O19S4+. The minimum Gasteiger partial charge on any atom is -0.491 e. The molecular weight excluding hydrogens is 1360 g/mol. The summed E-state index contributed by atoms with van der Waals surface area (Å²) in [4.78, 5) is 23.0. The van der Waals surface area contributed by atoms with E-state index in [9.17, 15) is 56.7 Å². The van der Waals surface area contributed by atoms with Crippen LogP contribution >= 0.6 is 11.6 Å². The summed E-state index contributed by atoms with van der Waals surface area (Å²) in [5, 5.41) is 11.2. The van der Waals surface area contributed by atoms with Gasteiger partial charge in [-0.3, -0.25) is 23.0 Å². The number of fused-ring (bicyclic) bond motifs is 3. The summed E-state index contributed by atoms with van der Waals surface area (Å²) < 4.78 is 176. The molecule has 6 N–H and O–H groups in total. The monoisotopic (exact) mass is 1440 g/mol. The predicted molar refractivity (Wildman–Crippen MR) is 365 cm³/mol. The number of anilines is 2. The van der Waals surface area contributed by atoms with Crippen LogP contribution in [0.1, 0.15) is 95.8 Å². The fourth-order valence-corrected chi connectivity index (χ4v) is 14.1. The number of unbranched alkanes of at least 4 members (excludes halogenated alkanes) is 2. The minimum atomic E-state index is -4.72. The van der Waals surface area contributed by atoms with Crippen LogP contribution in [-0.4, -0.2) is 185 Å². The van der Waals surface area contributed by atoms with Crippen molar-refractivity contribution in [2.75, 3.05) is 101 Å². The van der Waals surface area contributed by atoms with Gasteiger partial charge < -0.3 is 44.0 Å². The second-order valence-corrected chi connectivity index (χ2v) is 30.4. The smallest absolute Gasteiger partial charge is 0.294 e. The van der Waals surface area contributed by atoms with Crippen LogP contribution in [0.25, 0.3) is 17.0 Å². The van der Waals surface area contributed by atoms with E-state index in [2.05, 4.69) is 20.7 Å². The molecule has 6 aromatic rings. The number of carbonyl (C=O) groups is 1. The molecule has 0 saturated heterocycles. The third-order valence-corrected chi connectivity index (χ3v) is 20.1. The minimum absolute atomic E-state index is 0.0266. The van der Waals surface area contributed by atoms with E-state index >= 15 is 0 Å². The number of nitrogens with one attached hydrogen (secondary N) is 2. The van der Waals surface area contributed by atoms with Gasteiger partial charge in [-0.05, 0) is 145 Å². The zero-order chi connectivity index (χ0) is 70.2. The second-order valence-electron chi connectivity index (χ2n) is 24.0. The number of amides is 1. The van der Waals surface area contributed by atoms with E-state index in [1.54, 1.807) is 48.7 Å². The van der Waals surface area contributed by atoms with Crippen LogP contribution in [0.3, 0.4) is 0 Å². The van der Waals surface area contributed by atoms with Gasteiger partial charge in [-0.1, -0.05) is 23.7 Å². The van der Waals surface area contributed by atoms with Gasteiger partial charge in [0.2, 0.25) is 11.6 Å². The largest absolute Gasteiger partial charge is 0.491 e. The van der Waals surface area contributed by atoms with Crippen LogP contribution in [-0.2, 0) is 81.6 Å². The van der Waals surface area contributed by atoms with E-state index in [0.29, 0.717) is 140 Å². The van der Waals surface area contributed by atoms with E-state index in [0.717, 1.165) is 11.1 Å². The van der Waals surface area contributed by atoms with E-state index < -0.39 is 67.7 Å². The molecule has 2 atom stereocenters. The standard InChI is InChI=1S/C65H83ClN8O19S4/c1-46(2)93-58-40-49(66)18-15-48(58)44-68-61-43-55(71-63-69-45-70-74(61)63)47-16-19-50(20-17-47)92-37-36-91-35-34-90-33-32-89-30-27-67-62(75)14-7-6-8-28-72-56-23-21-51(96(82,83)84)41-53(56)64(3,25-10-38-94(76,77)78)59(72)12-9-13-60-65(4,26-11-39-95(79,80)81)54-42-52(97(85,86)87)22-24-57(54)73(60)29-31-88-5/h9,12-13,15-24,40-43,45-46H,6-8,10-11,14,25-39,44H2,1-5H3,(H5-,67,68,69,70,71,75,76,77,78,79,80,81,82,83,84,85,86,87)/p+1. The summed E-state index contributed by atoms with van der Waals surface area (Å²) in [6.45, 7) is 11.2. The number of halogens is 1. The summed E-state index contributed by atoms with van der Waals surface area (Å²) in [7, 11) is -16.7. The molecule has 4 aromatic carbocycles. The first-order chi connectivity index (χ1) is 46.0. The molecule has 2 aliphatic rings. The lowest BCUT2D eigenvalue weighted by atomic mass is 9.75. The molecule has 0 spiro atoms.